The van der Waals surface area contributed by atoms with Crippen LogP contribution in [0.15, 0.2) is 0 Å². The molecule has 1 unspecified atom stereocenters. The Morgan fingerprint density at radius 2 is 1.94 bits per heavy atom. The maximum atomic E-state index is 6.06. The van der Waals surface area contributed by atoms with Crippen molar-refractivity contribution in [2.24, 2.45) is 11.1 Å². The van der Waals surface area contributed by atoms with Gasteiger partial charge in [-0.3, -0.25) is 0 Å². The lowest BCUT2D eigenvalue weighted by molar-refractivity contribution is -0.0297. The minimum atomic E-state index is 0.110. The Hall–Kier alpha value is -0.160. The summed E-state index contributed by atoms with van der Waals surface area (Å²) in [5, 5.41) is 2.30. The van der Waals surface area contributed by atoms with Gasteiger partial charge in [-0.1, -0.05) is 20.3 Å². The lowest BCUT2D eigenvalue weighted by atomic mass is 9.68. The molecule has 1 aliphatic carbocycles. The Morgan fingerprint density at radius 3 is 2.53 bits per heavy atom. The van der Waals surface area contributed by atoms with E-state index in [0.29, 0.717) is 5.41 Å². The standard InChI is InChI=1S/C13H27N3O/c1-12(2)4-3-5-13(10-12,11-14)15-16-6-8-17-9-7-16/h15H,3-11,14H2,1-2H3. The van der Waals surface area contributed by atoms with E-state index in [9.17, 15) is 0 Å². The van der Waals surface area contributed by atoms with Gasteiger partial charge in [-0.2, -0.15) is 0 Å². The van der Waals surface area contributed by atoms with Crippen LogP contribution in [-0.2, 0) is 4.74 Å². The molecule has 0 amide bonds. The van der Waals surface area contributed by atoms with Crippen molar-refractivity contribution in [1.29, 1.82) is 0 Å². The van der Waals surface area contributed by atoms with Gasteiger partial charge in [0.15, 0.2) is 0 Å². The molecule has 1 heterocycles. The fourth-order valence-electron chi connectivity index (χ4n) is 3.32. The van der Waals surface area contributed by atoms with Crippen LogP contribution in [0.1, 0.15) is 39.5 Å². The van der Waals surface area contributed by atoms with E-state index in [1.54, 1.807) is 0 Å². The highest BCUT2D eigenvalue weighted by molar-refractivity contribution is 4.97. The van der Waals surface area contributed by atoms with E-state index in [1.165, 1.54) is 25.7 Å². The molecule has 3 N–H and O–H groups in total. The Labute approximate surface area is 105 Å². The Morgan fingerprint density at radius 1 is 1.24 bits per heavy atom. The molecular formula is C13H27N3O. The SMILES string of the molecule is CC1(C)CCCC(CN)(NN2CCOCC2)C1. The van der Waals surface area contributed by atoms with Gasteiger partial charge in [-0.25, -0.2) is 10.4 Å². The zero-order valence-electron chi connectivity index (χ0n) is 11.3. The summed E-state index contributed by atoms with van der Waals surface area (Å²) in [6, 6.07) is 0. The van der Waals surface area contributed by atoms with Crippen molar-refractivity contribution >= 4 is 0 Å². The second-order valence-electron chi connectivity index (χ2n) is 6.39. The van der Waals surface area contributed by atoms with E-state index < -0.39 is 0 Å². The molecular weight excluding hydrogens is 214 g/mol. The summed E-state index contributed by atoms with van der Waals surface area (Å²) in [5.41, 5.74) is 10.3. The molecule has 1 atom stereocenters. The highest BCUT2D eigenvalue weighted by Gasteiger charge is 2.40. The normalized spacial score (nSPS) is 34.8. The Balaban J connectivity index is 1.97. The number of morpholine rings is 1. The summed E-state index contributed by atoms with van der Waals surface area (Å²) in [6.07, 6.45) is 4.97. The summed E-state index contributed by atoms with van der Waals surface area (Å²) in [7, 11) is 0. The van der Waals surface area contributed by atoms with E-state index >= 15 is 0 Å². The monoisotopic (exact) mass is 241 g/mol. The average Bonchev–Trinajstić information content (AvgIpc) is 2.29. The molecule has 17 heavy (non-hydrogen) atoms. The lowest BCUT2D eigenvalue weighted by Gasteiger charge is -2.48. The lowest BCUT2D eigenvalue weighted by Crippen LogP contribution is -2.63. The van der Waals surface area contributed by atoms with Crippen molar-refractivity contribution in [2.45, 2.75) is 45.1 Å². The van der Waals surface area contributed by atoms with Crippen molar-refractivity contribution < 1.29 is 4.74 Å². The minimum absolute atomic E-state index is 0.110. The fourth-order valence-corrected chi connectivity index (χ4v) is 3.32. The topological polar surface area (TPSA) is 50.5 Å². The van der Waals surface area contributed by atoms with Gasteiger partial charge in [-0.15, -0.1) is 0 Å². The Bertz CT molecular complexity index is 251. The average molecular weight is 241 g/mol. The van der Waals surface area contributed by atoms with E-state index in [2.05, 4.69) is 24.3 Å². The maximum absolute atomic E-state index is 6.06. The second kappa shape index (κ2) is 5.22. The molecule has 2 aliphatic rings. The summed E-state index contributed by atoms with van der Waals surface area (Å²) >= 11 is 0. The smallest absolute Gasteiger partial charge is 0.0608 e. The third-order valence-electron chi connectivity index (χ3n) is 4.12. The van der Waals surface area contributed by atoms with Crippen LogP contribution in [0, 0.1) is 5.41 Å². The van der Waals surface area contributed by atoms with E-state index in [0.717, 1.165) is 32.8 Å². The third kappa shape index (κ3) is 3.41. The highest BCUT2D eigenvalue weighted by atomic mass is 16.5. The minimum Gasteiger partial charge on any atom is -0.379 e. The van der Waals surface area contributed by atoms with Gasteiger partial charge in [0, 0.05) is 25.2 Å². The summed E-state index contributed by atoms with van der Waals surface area (Å²) in [5.74, 6) is 0. The quantitative estimate of drug-likeness (QED) is 0.777. The van der Waals surface area contributed by atoms with Gasteiger partial charge in [0.05, 0.1) is 13.2 Å². The van der Waals surface area contributed by atoms with E-state index in [-0.39, 0.29) is 5.54 Å². The molecule has 0 bridgehead atoms. The number of hydrogen-bond acceptors (Lipinski definition) is 4. The number of rotatable bonds is 3. The molecule has 0 spiro atoms. The van der Waals surface area contributed by atoms with Crippen LogP contribution in [0.25, 0.3) is 0 Å². The zero-order valence-corrected chi connectivity index (χ0v) is 11.3. The molecule has 2 fully saturated rings. The number of hydrazine groups is 1. The maximum Gasteiger partial charge on any atom is 0.0608 e. The molecule has 1 saturated carbocycles. The zero-order chi connectivity index (χ0) is 12.4. The largest absolute Gasteiger partial charge is 0.379 e. The number of hydrogen-bond donors (Lipinski definition) is 2. The third-order valence-corrected chi connectivity index (χ3v) is 4.12. The van der Waals surface area contributed by atoms with Crippen LogP contribution >= 0.6 is 0 Å². The van der Waals surface area contributed by atoms with Crippen molar-refractivity contribution in [1.82, 2.24) is 10.4 Å². The van der Waals surface area contributed by atoms with Crippen molar-refractivity contribution in [2.75, 3.05) is 32.8 Å². The number of ether oxygens (including phenoxy) is 1. The highest BCUT2D eigenvalue weighted by Crippen LogP contribution is 2.40. The summed E-state index contributed by atoms with van der Waals surface area (Å²) in [4.78, 5) is 0. The molecule has 1 aliphatic heterocycles. The van der Waals surface area contributed by atoms with Crippen molar-refractivity contribution in [3.05, 3.63) is 0 Å². The fraction of sp³-hybridized carbons (Fsp3) is 1.00. The van der Waals surface area contributed by atoms with Gasteiger partial charge in [-0.05, 0) is 24.7 Å². The predicted molar refractivity (Wildman–Crippen MR) is 69.6 cm³/mol. The molecule has 100 valence electrons. The van der Waals surface area contributed by atoms with Gasteiger partial charge in [0.1, 0.15) is 0 Å². The molecule has 0 aromatic carbocycles. The molecule has 2 rings (SSSR count). The summed E-state index contributed by atoms with van der Waals surface area (Å²) < 4.78 is 5.38. The number of nitrogens with one attached hydrogen (secondary N) is 1. The van der Waals surface area contributed by atoms with Crippen LogP contribution in [0.3, 0.4) is 0 Å². The van der Waals surface area contributed by atoms with Crippen LogP contribution in [0.4, 0.5) is 0 Å². The van der Waals surface area contributed by atoms with E-state index in [4.69, 9.17) is 10.5 Å². The summed E-state index contributed by atoms with van der Waals surface area (Å²) in [6.45, 7) is 9.06. The van der Waals surface area contributed by atoms with Gasteiger partial charge < -0.3 is 10.5 Å². The number of nitrogens with two attached hydrogens (primary N) is 1. The van der Waals surface area contributed by atoms with Crippen LogP contribution in [0.2, 0.25) is 0 Å². The molecule has 0 aromatic rings. The first-order valence-corrected chi connectivity index (χ1v) is 6.86. The van der Waals surface area contributed by atoms with Crippen molar-refractivity contribution in [3.63, 3.8) is 0 Å². The van der Waals surface area contributed by atoms with Crippen LogP contribution in [-0.4, -0.2) is 43.4 Å². The molecule has 4 heteroatoms. The first-order chi connectivity index (χ1) is 8.05. The molecule has 0 radical (unpaired) electrons. The van der Waals surface area contributed by atoms with E-state index in [1.807, 2.05) is 0 Å². The van der Waals surface area contributed by atoms with Gasteiger partial charge in [0.2, 0.25) is 0 Å². The Kier molecular flexibility index (Phi) is 4.08. The first-order valence-electron chi connectivity index (χ1n) is 6.86. The molecule has 4 nitrogen and oxygen atoms in total. The van der Waals surface area contributed by atoms with Crippen LogP contribution in [0.5, 0.6) is 0 Å². The molecule has 0 aromatic heterocycles. The van der Waals surface area contributed by atoms with Crippen molar-refractivity contribution in [3.8, 4) is 0 Å². The predicted octanol–water partition coefficient (Wildman–Crippen LogP) is 1.12. The first kappa shape index (κ1) is 13.3. The van der Waals surface area contributed by atoms with Gasteiger partial charge >= 0.3 is 0 Å². The number of nitrogens with zero attached hydrogens (tertiary/aromatic N) is 1. The van der Waals surface area contributed by atoms with Crippen LogP contribution < -0.4 is 11.2 Å². The second-order valence-corrected chi connectivity index (χ2v) is 6.39. The van der Waals surface area contributed by atoms with Gasteiger partial charge in [0.25, 0.3) is 0 Å². The molecule has 1 saturated heterocycles.